The Morgan fingerprint density at radius 2 is 2.03 bits per heavy atom. The van der Waals surface area contributed by atoms with Gasteiger partial charge in [-0.05, 0) is 25.1 Å². The first-order chi connectivity index (χ1) is 16.2. The first kappa shape index (κ1) is 19.4. The molecule has 1 atom stereocenters. The average Bonchev–Trinajstić information content (AvgIpc) is 3.40. The highest BCUT2D eigenvalue weighted by atomic mass is 16.5. The molecule has 164 valence electrons. The SMILES string of the molecule is C[C@H]1CCOc2c(cnn2C)-c2nccc(n2)Nc2cc3c(cn2)c(-c2cccnc2)nn31. The zero-order valence-electron chi connectivity index (χ0n) is 18.2. The molecule has 33 heavy (non-hydrogen) atoms. The first-order valence-electron chi connectivity index (χ1n) is 10.7. The van der Waals surface area contributed by atoms with Gasteiger partial charge in [-0.3, -0.25) is 9.67 Å². The Hall–Kier alpha value is -4.34. The third-order valence-electron chi connectivity index (χ3n) is 5.76. The Labute approximate surface area is 189 Å². The van der Waals surface area contributed by atoms with E-state index in [0.29, 0.717) is 29.9 Å². The van der Waals surface area contributed by atoms with Crippen LogP contribution in [0.15, 0.2) is 55.2 Å². The summed E-state index contributed by atoms with van der Waals surface area (Å²) in [6, 6.07) is 7.81. The van der Waals surface area contributed by atoms with Gasteiger partial charge in [0.25, 0.3) is 0 Å². The van der Waals surface area contributed by atoms with Gasteiger partial charge in [0.15, 0.2) is 5.82 Å². The fraction of sp³-hybridized carbons (Fsp3) is 0.217. The van der Waals surface area contributed by atoms with Crippen LogP contribution in [0.3, 0.4) is 0 Å². The number of pyridine rings is 2. The van der Waals surface area contributed by atoms with E-state index in [9.17, 15) is 0 Å². The van der Waals surface area contributed by atoms with E-state index in [2.05, 4.69) is 37.3 Å². The summed E-state index contributed by atoms with van der Waals surface area (Å²) in [5.41, 5.74) is 3.52. The molecule has 1 aliphatic rings. The lowest BCUT2D eigenvalue weighted by atomic mass is 10.1. The molecule has 5 aromatic heterocycles. The lowest BCUT2D eigenvalue weighted by Gasteiger charge is -2.16. The minimum Gasteiger partial charge on any atom is -0.477 e. The zero-order valence-corrected chi connectivity index (χ0v) is 18.2. The molecule has 6 rings (SSSR count). The number of hydrogen-bond acceptors (Lipinski definition) is 8. The summed E-state index contributed by atoms with van der Waals surface area (Å²) >= 11 is 0. The maximum atomic E-state index is 6.15. The van der Waals surface area contributed by atoms with Gasteiger partial charge in [-0.1, -0.05) is 0 Å². The number of fused-ring (bicyclic) bond motifs is 5. The zero-order chi connectivity index (χ0) is 22.4. The highest BCUT2D eigenvalue weighted by molar-refractivity contribution is 5.94. The van der Waals surface area contributed by atoms with Crippen molar-refractivity contribution in [2.45, 2.75) is 19.4 Å². The van der Waals surface area contributed by atoms with Crippen LogP contribution in [-0.2, 0) is 7.05 Å². The Balaban J connectivity index is 1.51. The van der Waals surface area contributed by atoms with Crippen LogP contribution in [0.25, 0.3) is 33.5 Å². The molecule has 1 N–H and O–H groups in total. The summed E-state index contributed by atoms with van der Waals surface area (Å²) in [4.78, 5) is 18.0. The Morgan fingerprint density at radius 3 is 2.91 bits per heavy atom. The topological polar surface area (TPSA) is 108 Å². The Kier molecular flexibility index (Phi) is 4.49. The van der Waals surface area contributed by atoms with Crippen molar-refractivity contribution < 1.29 is 4.74 Å². The van der Waals surface area contributed by atoms with E-state index in [-0.39, 0.29) is 6.04 Å². The van der Waals surface area contributed by atoms with Gasteiger partial charge in [0.05, 0.1) is 24.4 Å². The quantitative estimate of drug-likeness (QED) is 0.420. The van der Waals surface area contributed by atoms with Gasteiger partial charge in [0.2, 0.25) is 5.88 Å². The van der Waals surface area contributed by atoms with Crippen LogP contribution in [0.4, 0.5) is 11.6 Å². The van der Waals surface area contributed by atoms with Crippen LogP contribution in [0.1, 0.15) is 19.4 Å². The summed E-state index contributed by atoms with van der Waals surface area (Å²) < 4.78 is 9.89. The molecular formula is C23H21N9O. The molecule has 6 heterocycles. The number of aryl methyl sites for hydroxylation is 1. The molecule has 4 bridgehead atoms. The van der Waals surface area contributed by atoms with Crippen molar-refractivity contribution in [3.05, 3.63) is 55.2 Å². The van der Waals surface area contributed by atoms with Crippen molar-refractivity contribution in [1.82, 2.24) is 39.5 Å². The lowest BCUT2D eigenvalue weighted by molar-refractivity contribution is 0.260. The van der Waals surface area contributed by atoms with E-state index < -0.39 is 0 Å². The Morgan fingerprint density at radius 1 is 1.09 bits per heavy atom. The van der Waals surface area contributed by atoms with Crippen molar-refractivity contribution >= 4 is 22.5 Å². The van der Waals surface area contributed by atoms with Crippen LogP contribution in [-0.4, -0.2) is 46.1 Å². The fourth-order valence-electron chi connectivity index (χ4n) is 4.04. The van der Waals surface area contributed by atoms with Gasteiger partial charge >= 0.3 is 0 Å². The predicted molar refractivity (Wildman–Crippen MR) is 123 cm³/mol. The molecule has 0 aliphatic carbocycles. The second kappa shape index (κ2) is 7.66. The number of ether oxygens (including phenoxy) is 1. The van der Waals surface area contributed by atoms with Crippen molar-refractivity contribution in [2.24, 2.45) is 7.05 Å². The van der Waals surface area contributed by atoms with Crippen molar-refractivity contribution in [2.75, 3.05) is 11.9 Å². The number of anilines is 2. The van der Waals surface area contributed by atoms with E-state index in [1.54, 1.807) is 29.3 Å². The van der Waals surface area contributed by atoms with E-state index in [0.717, 1.165) is 34.1 Å². The fourth-order valence-corrected chi connectivity index (χ4v) is 4.04. The number of hydrogen-bond donors (Lipinski definition) is 1. The number of aromatic nitrogens is 8. The van der Waals surface area contributed by atoms with Crippen LogP contribution in [0, 0.1) is 0 Å². The smallest absolute Gasteiger partial charge is 0.222 e. The minimum absolute atomic E-state index is 0.0851. The molecule has 0 spiro atoms. The highest BCUT2D eigenvalue weighted by Gasteiger charge is 2.20. The number of nitrogens with zero attached hydrogens (tertiary/aromatic N) is 8. The summed E-state index contributed by atoms with van der Waals surface area (Å²) in [7, 11) is 1.85. The summed E-state index contributed by atoms with van der Waals surface area (Å²) in [6.45, 7) is 2.63. The highest BCUT2D eigenvalue weighted by Crippen LogP contribution is 2.33. The molecule has 0 saturated carbocycles. The summed E-state index contributed by atoms with van der Waals surface area (Å²) in [5.74, 6) is 2.48. The lowest BCUT2D eigenvalue weighted by Crippen LogP contribution is -2.13. The van der Waals surface area contributed by atoms with Crippen molar-refractivity contribution in [3.63, 3.8) is 0 Å². The normalized spacial score (nSPS) is 15.5. The molecule has 0 saturated heterocycles. The van der Waals surface area contributed by atoms with Gasteiger partial charge in [-0.25, -0.2) is 19.6 Å². The largest absolute Gasteiger partial charge is 0.477 e. The predicted octanol–water partition coefficient (Wildman–Crippen LogP) is 3.77. The first-order valence-corrected chi connectivity index (χ1v) is 10.7. The standard InChI is InChI=1S/C23H21N9O/c1-14-6-9-33-23-17(13-27-31(23)2)22-25-8-5-19(29-22)28-20-10-18-16(12-26-20)21(30-32(14)18)15-4-3-7-24-11-15/h3-5,7-8,10-14H,6,9H2,1-2H3,(H,25,26,28,29)/t14-/m0/s1. The maximum Gasteiger partial charge on any atom is 0.222 e. The third kappa shape index (κ3) is 3.36. The molecule has 0 fully saturated rings. The summed E-state index contributed by atoms with van der Waals surface area (Å²) in [6.07, 6.45) is 9.60. The number of nitrogens with one attached hydrogen (secondary N) is 1. The van der Waals surface area contributed by atoms with Crippen LogP contribution in [0.2, 0.25) is 0 Å². The minimum atomic E-state index is 0.0851. The molecule has 10 heteroatoms. The second-order valence-electron chi connectivity index (χ2n) is 7.99. The van der Waals surface area contributed by atoms with Crippen LogP contribution < -0.4 is 10.1 Å². The molecule has 0 aromatic carbocycles. The molecule has 0 amide bonds. The van der Waals surface area contributed by atoms with Gasteiger partial charge in [0, 0.05) is 55.3 Å². The van der Waals surface area contributed by atoms with E-state index in [4.69, 9.17) is 9.84 Å². The van der Waals surface area contributed by atoms with E-state index in [1.165, 1.54) is 0 Å². The maximum absolute atomic E-state index is 6.15. The third-order valence-corrected chi connectivity index (χ3v) is 5.76. The van der Waals surface area contributed by atoms with Crippen molar-refractivity contribution in [3.8, 4) is 28.5 Å². The van der Waals surface area contributed by atoms with E-state index in [1.807, 2.05) is 42.3 Å². The molecular weight excluding hydrogens is 418 g/mol. The molecule has 1 aliphatic heterocycles. The average molecular weight is 439 g/mol. The molecule has 0 unspecified atom stereocenters. The molecule has 5 aromatic rings. The van der Waals surface area contributed by atoms with Gasteiger partial charge in [-0.2, -0.15) is 10.2 Å². The van der Waals surface area contributed by atoms with Gasteiger partial charge in [0.1, 0.15) is 22.9 Å². The summed E-state index contributed by atoms with van der Waals surface area (Å²) in [5, 5.41) is 13.6. The van der Waals surface area contributed by atoms with Crippen LogP contribution in [0.5, 0.6) is 5.88 Å². The van der Waals surface area contributed by atoms with Gasteiger partial charge < -0.3 is 10.1 Å². The van der Waals surface area contributed by atoms with E-state index >= 15 is 0 Å². The van der Waals surface area contributed by atoms with Crippen LogP contribution >= 0.6 is 0 Å². The Bertz CT molecular complexity index is 1460. The molecule has 0 radical (unpaired) electrons. The number of rotatable bonds is 1. The molecule has 10 nitrogen and oxygen atoms in total. The monoisotopic (exact) mass is 439 g/mol. The van der Waals surface area contributed by atoms with Crippen molar-refractivity contribution in [1.29, 1.82) is 0 Å². The second-order valence-corrected chi connectivity index (χ2v) is 7.99. The van der Waals surface area contributed by atoms with Gasteiger partial charge in [-0.15, -0.1) is 0 Å².